The van der Waals surface area contributed by atoms with Gasteiger partial charge in [0.15, 0.2) is 5.78 Å². The number of Topliss-reactive ketones (excluding diaryl/α,β-unsaturated/α-hetero) is 1. The van der Waals surface area contributed by atoms with Crippen LogP contribution in [0.25, 0.3) is 0 Å². The van der Waals surface area contributed by atoms with Crippen molar-refractivity contribution < 1.29 is 27.1 Å². The summed E-state index contributed by atoms with van der Waals surface area (Å²) in [6, 6.07) is 8.23. The van der Waals surface area contributed by atoms with E-state index in [0.29, 0.717) is 0 Å². The van der Waals surface area contributed by atoms with Crippen LogP contribution in [0.2, 0.25) is 0 Å². The Bertz CT molecular complexity index is 618. The lowest BCUT2D eigenvalue weighted by Gasteiger charge is -2.06. The van der Waals surface area contributed by atoms with Crippen LogP contribution < -0.4 is 4.74 Å². The van der Waals surface area contributed by atoms with Gasteiger partial charge in [0.1, 0.15) is 17.4 Å². The van der Waals surface area contributed by atoms with Gasteiger partial charge < -0.3 is 4.74 Å². The average molecular weight is 298 g/mol. The first-order valence-corrected chi connectivity index (χ1v) is 5.98. The minimum atomic E-state index is -2.96. The first kappa shape index (κ1) is 15.0. The van der Waals surface area contributed by atoms with Crippen LogP contribution in [-0.2, 0) is 6.42 Å². The van der Waals surface area contributed by atoms with Crippen LogP contribution >= 0.6 is 0 Å². The lowest BCUT2D eigenvalue weighted by Crippen LogP contribution is -2.08. The fourth-order valence-corrected chi connectivity index (χ4v) is 1.79. The smallest absolute Gasteiger partial charge is 0.387 e. The van der Waals surface area contributed by atoms with E-state index in [1.165, 1.54) is 30.3 Å². The highest BCUT2D eigenvalue weighted by atomic mass is 19.3. The van der Waals surface area contributed by atoms with E-state index in [1.54, 1.807) is 0 Å². The zero-order valence-electron chi connectivity index (χ0n) is 10.7. The number of carbonyl (C=O) groups is 1. The Morgan fingerprint density at radius 2 is 1.57 bits per heavy atom. The first-order valence-electron chi connectivity index (χ1n) is 5.98. The molecule has 0 radical (unpaired) electrons. The molecule has 0 spiro atoms. The van der Waals surface area contributed by atoms with Crippen molar-refractivity contribution in [3.05, 3.63) is 65.2 Å². The highest BCUT2D eigenvalue weighted by molar-refractivity contribution is 5.97. The molecule has 0 aromatic heterocycles. The molecule has 0 saturated carbocycles. The summed E-state index contributed by atoms with van der Waals surface area (Å²) in [7, 11) is 0. The third-order valence-electron chi connectivity index (χ3n) is 2.80. The standard InChI is InChI=1S/C15H10F4O2/c16-12-2-1-3-13(17)11(12)8-14(20)9-4-6-10(7-5-9)21-15(18)19/h1-7,15H,8H2. The van der Waals surface area contributed by atoms with Crippen LogP contribution in [0.4, 0.5) is 17.6 Å². The van der Waals surface area contributed by atoms with Crippen molar-refractivity contribution in [3.8, 4) is 5.75 Å². The second-order valence-corrected chi connectivity index (χ2v) is 4.20. The van der Waals surface area contributed by atoms with Gasteiger partial charge in [-0.25, -0.2) is 8.78 Å². The molecule has 0 N–H and O–H groups in total. The van der Waals surface area contributed by atoms with Gasteiger partial charge in [0, 0.05) is 17.5 Å². The summed E-state index contributed by atoms with van der Waals surface area (Å²) in [6.45, 7) is -2.96. The second-order valence-electron chi connectivity index (χ2n) is 4.20. The number of alkyl halides is 2. The molecule has 0 bridgehead atoms. The van der Waals surface area contributed by atoms with Crippen molar-refractivity contribution >= 4 is 5.78 Å². The molecule has 0 atom stereocenters. The Kier molecular flexibility index (Phi) is 4.57. The topological polar surface area (TPSA) is 26.3 Å². The van der Waals surface area contributed by atoms with Gasteiger partial charge in [0.2, 0.25) is 0 Å². The van der Waals surface area contributed by atoms with E-state index < -0.39 is 30.5 Å². The Hall–Kier alpha value is -2.37. The third kappa shape index (κ3) is 3.81. The summed E-state index contributed by atoms with van der Waals surface area (Å²) in [5.74, 6) is -2.23. The minimum absolute atomic E-state index is 0.0985. The van der Waals surface area contributed by atoms with E-state index in [9.17, 15) is 22.4 Å². The Morgan fingerprint density at radius 3 is 2.10 bits per heavy atom. The van der Waals surface area contributed by atoms with Crippen molar-refractivity contribution in [1.29, 1.82) is 0 Å². The first-order chi connectivity index (χ1) is 9.97. The summed E-state index contributed by atoms with van der Waals surface area (Å²) in [5.41, 5.74) is -0.172. The number of ketones is 1. The van der Waals surface area contributed by atoms with Crippen LogP contribution in [0.3, 0.4) is 0 Å². The van der Waals surface area contributed by atoms with Crippen molar-refractivity contribution in [3.63, 3.8) is 0 Å². The van der Waals surface area contributed by atoms with Gasteiger partial charge in [0.05, 0.1) is 0 Å². The molecule has 0 aliphatic carbocycles. The number of rotatable bonds is 5. The number of hydrogen-bond donors (Lipinski definition) is 0. The molecule has 6 heteroatoms. The summed E-state index contributed by atoms with van der Waals surface area (Å²) < 4.78 is 55.0. The number of carbonyl (C=O) groups excluding carboxylic acids is 1. The van der Waals surface area contributed by atoms with Crippen LogP contribution in [-0.4, -0.2) is 12.4 Å². The fourth-order valence-electron chi connectivity index (χ4n) is 1.79. The predicted molar refractivity (Wildman–Crippen MR) is 67.5 cm³/mol. The van der Waals surface area contributed by atoms with Crippen LogP contribution in [0.1, 0.15) is 15.9 Å². The summed E-state index contributed by atoms with van der Waals surface area (Å²) in [6.07, 6.45) is -0.451. The molecule has 2 rings (SSSR count). The van der Waals surface area contributed by atoms with Gasteiger partial charge in [-0.1, -0.05) is 6.07 Å². The van der Waals surface area contributed by atoms with Gasteiger partial charge in [-0.2, -0.15) is 8.78 Å². The normalized spacial score (nSPS) is 10.7. The lowest BCUT2D eigenvalue weighted by molar-refractivity contribution is -0.0498. The largest absolute Gasteiger partial charge is 0.435 e. The quantitative estimate of drug-likeness (QED) is 0.616. The molecule has 0 unspecified atom stereocenters. The highest BCUT2D eigenvalue weighted by Crippen LogP contribution is 2.18. The monoisotopic (exact) mass is 298 g/mol. The molecule has 0 heterocycles. The number of ether oxygens (including phenoxy) is 1. The van der Waals surface area contributed by atoms with Crippen LogP contribution in [0, 0.1) is 11.6 Å². The lowest BCUT2D eigenvalue weighted by atomic mass is 10.0. The van der Waals surface area contributed by atoms with E-state index in [1.807, 2.05) is 0 Å². The Morgan fingerprint density at radius 1 is 1.00 bits per heavy atom. The Balaban J connectivity index is 2.13. The van der Waals surface area contributed by atoms with Gasteiger partial charge in [-0.3, -0.25) is 4.79 Å². The second kappa shape index (κ2) is 6.39. The van der Waals surface area contributed by atoms with E-state index >= 15 is 0 Å². The fraction of sp³-hybridized carbons (Fsp3) is 0.133. The van der Waals surface area contributed by atoms with Gasteiger partial charge in [-0.15, -0.1) is 0 Å². The minimum Gasteiger partial charge on any atom is -0.435 e. The van der Waals surface area contributed by atoms with Crippen LogP contribution in [0.5, 0.6) is 5.75 Å². The number of hydrogen-bond acceptors (Lipinski definition) is 2. The maximum atomic E-state index is 13.4. The molecule has 0 aliphatic rings. The molecule has 0 aliphatic heterocycles. The molecular weight excluding hydrogens is 288 g/mol. The third-order valence-corrected chi connectivity index (χ3v) is 2.80. The van der Waals surface area contributed by atoms with Crippen molar-refractivity contribution in [2.45, 2.75) is 13.0 Å². The molecular formula is C15H10F4O2. The van der Waals surface area contributed by atoms with E-state index in [4.69, 9.17) is 0 Å². The maximum Gasteiger partial charge on any atom is 0.387 e. The molecule has 0 saturated heterocycles. The molecule has 0 fully saturated rings. The van der Waals surface area contributed by atoms with Crippen molar-refractivity contribution in [2.24, 2.45) is 0 Å². The predicted octanol–water partition coefficient (Wildman–Crippen LogP) is 3.99. The SMILES string of the molecule is O=C(Cc1c(F)cccc1F)c1ccc(OC(F)F)cc1. The van der Waals surface area contributed by atoms with Gasteiger partial charge in [-0.05, 0) is 36.4 Å². The van der Waals surface area contributed by atoms with Crippen molar-refractivity contribution in [2.75, 3.05) is 0 Å². The van der Waals surface area contributed by atoms with E-state index in [0.717, 1.165) is 12.1 Å². The Labute approximate surface area is 118 Å². The maximum absolute atomic E-state index is 13.4. The molecule has 2 aromatic carbocycles. The molecule has 0 amide bonds. The number of benzene rings is 2. The summed E-state index contributed by atoms with van der Waals surface area (Å²) >= 11 is 0. The van der Waals surface area contributed by atoms with Crippen molar-refractivity contribution in [1.82, 2.24) is 0 Å². The average Bonchev–Trinajstić information content (AvgIpc) is 2.43. The molecule has 2 aromatic rings. The molecule has 2 nitrogen and oxygen atoms in total. The van der Waals surface area contributed by atoms with E-state index in [-0.39, 0.29) is 16.9 Å². The summed E-state index contributed by atoms with van der Waals surface area (Å²) in [5, 5.41) is 0. The zero-order valence-corrected chi connectivity index (χ0v) is 10.7. The van der Waals surface area contributed by atoms with Gasteiger partial charge >= 0.3 is 6.61 Å². The van der Waals surface area contributed by atoms with E-state index in [2.05, 4.69) is 4.74 Å². The van der Waals surface area contributed by atoms with Crippen LogP contribution in [0.15, 0.2) is 42.5 Å². The molecule has 110 valence electrons. The summed E-state index contributed by atoms with van der Waals surface area (Å²) in [4.78, 5) is 11.9. The highest BCUT2D eigenvalue weighted by Gasteiger charge is 2.15. The van der Waals surface area contributed by atoms with Gasteiger partial charge in [0.25, 0.3) is 0 Å². The molecule has 21 heavy (non-hydrogen) atoms. The zero-order chi connectivity index (χ0) is 15.4. The number of halogens is 4.